The van der Waals surface area contributed by atoms with Crippen molar-refractivity contribution in [1.82, 2.24) is 9.97 Å². The fraction of sp³-hybridized carbons (Fsp3) is 0.400. The van der Waals surface area contributed by atoms with Crippen LogP contribution in [0.25, 0.3) is 21.6 Å². The van der Waals surface area contributed by atoms with Gasteiger partial charge in [-0.1, -0.05) is 6.42 Å². The third-order valence-electron chi connectivity index (χ3n) is 4.57. The smallest absolute Gasteiger partial charge is 0.260 e. The molecular formula is C20H22N2O2S. The average Bonchev–Trinajstić information content (AvgIpc) is 2.77. The molecule has 0 saturated carbocycles. The highest BCUT2D eigenvalue weighted by Crippen LogP contribution is 2.33. The van der Waals surface area contributed by atoms with E-state index in [0.29, 0.717) is 5.82 Å². The number of H-pyrrole nitrogens is 1. The minimum absolute atomic E-state index is 0.0121. The average molecular weight is 354 g/mol. The summed E-state index contributed by atoms with van der Waals surface area (Å²) in [5.74, 6) is 1.45. The molecule has 0 atom stereocenters. The molecule has 0 radical (unpaired) electrons. The number of benzene rings is 1. The normalized spacial score (nSPS) is 14.5. The number of aryl methyl sites for hydroxylation is 2. The molecule has 1 N–H and O–H groups in total. The van der Waals surface area contributed by atoms with E-state index in [-0.39, 0.29) is 11.7 Å². The fourth-order valence-corrected chi connectivity index (χ4v) is 4.70. The van der Waals surface area contributed by atoms with E-state index >= 15 is 0 Å². The lowest BCUT2D eigenvalue weighted by Crippen LogP contribution is -2.10. The number of ether oxygens (including phenoxy) is 1. The molecule has 4 nitrogen and oxygen atoms in total. The van der Waals surface area contributed by atoms with Crippen LogP contribution in [0.2, 0.25) is 0 Å². The standard InChI is InChI=1S/C20H22N2O2S/c1-12(2)24-14-10-8-13(9-11-14)18-21-19(23)17-15-6-4-3-5-7-16(15)25-20(17)22-18/h8-12H,3-7H2,1-2H3,(H,21,22,23). The number of hydrogen-bond acceptors (Lipinski definition) is 4. The Balaban J connectivity index is 1.75. The van der Waals surface area contributed by atoms with Crippen molar-refractivity contribution in [3.05, 3.63) is 45.1 Å². The molecule has 130 valence electrons. The van der Waals surface area contributed by atoms with E-state index in [0.717, 1.165) is 40.8 Å². The molecule has 0 spiro atoms. The van der Waals surface area contributed by atoms with E-state index in [1.807, 2.05) is 38.1 Å². The minimum atomic E-state index is -0.0121. The molecule has 0 fully saturated rings. The van der Waals surface area contributed by atoms with Crippen molar-refractivity contribution in [2.45, 2.75) is 52.1 Å². The second kappa shape index (κ2) is 6.64. The zero-order chi connectivity index (χ0) is 17.4. The third-order valence-corrected chi connectivity index (χ3v) is 5.76. The quantitative estimate of drug-likeness (QED) is 0.693. The van der Waals surface area contributed by atoms with Crippen LogP contribution >= 0.6 is 11.3 Å². The fourth-order valence-electron chi connectivity index (χ4n) is 3.44. The van der Waals surface area contributed by atoms with Crippen molar-refractivity contribution >= 4 is 21.6 Å². The molecular weight excluding hydrogens is 332 g/mol. The van der Waals surface area contributed by atoms with Crippen LogP contribution in [0.15, 0.2) is 29.1 Å². The van der Waals surface area contributed by atoms with Crippen LogP contribution < -0.4 is 10.3 Å². The monoisotopic (exact) mass is 354 g/mol. The molecule has 25 heavy (non-hydrogen) atoms. The first-order valence-electron chi connectivity index (χ1n) is 8.93. The summed E-state index contributed by atoms with van der Waals surface area (Å²) in [5, 5.41) is 0.811. The van der Waals surface area contributed by atoms with E-state index in [9.17, 15) is 4.79 Å². The largest absolute Gasteiger partial charge is 0.491 e. The number of thiophene rings is 1. The number of fused-ring (bicyclic) bond motifs is 3. The highest BCUT2D eigenvalue weighted by Gasteiger charge is 2.19. The van der Waals surface area contributed by atoms with Crippen LogP contribution in [-0.4, -0.2) is 16.1 Å². The first kappa shape index (κ1) is 16.3. The Morgan fingerprint density at radius 1 is 1.12 bits per heavy atom. The second-order valence-electron chi connectivity index (χ2n) is 6.85. The maximum atomic E-state index is 12.7. The van der Waals surface area contributed by atoms with E-state index in [1.54, 1.807) is 11.3 Å². The highest BCUT2D eigenvalue weighted by atomic mass is 32.1. The van der Waals surface area contributed by atoms with Gasteiger partial charge in [-0.15, -0.1) is 11.3 Å². The molecule has 0 aliphatic heterocycles. The molecule has 0 saturated heterocycles. The summed E-state index contributed by atoms with van der Waals surface area (Å²) < 4.78 is 5.68. The van der Waals surface area contributed by atoms with Gasteiger partial charge in [0, 0.05) is 10.4 Å². The second-order valence-corrected chi connectivity index (χ2v) is 7.93. The van der Waals surface area contributed by atoms with Crippen LogP contribution in [-0.2, 0) is 12.8 Å². The maximum absolute atomic E-state index is 12.7. The summed E-state index contributed by atoms with van der Waals surface area (Å²) >= 11 is 1.69. The third kappa shape index (κ3) is 3.21. The van der Waals surface area contributed by atoms with Gasteiger partial charge in [0.05, 0.1) is 11.5 Å². The number of nitrogens with one attached hydrogen (secondary N) is 1. The zero-order valence-corrected chi connectivity index (χ0v) is 15.4. The lowest BCUT2D eigenvalue weighted by molar-refractivity contribution is 0.242. The van der Waals surface area contributed by atoms with Crippen LogP contribution in [0, 0.1) is 0 Å². The van der Waals surface area contributed by atoms with Gasteiger partial charge in [0.1, 0.15) is 16.4 Å². The van der Waals surface area contributed by atoms with Crippen molar-refractivity contribution in [1.29, 1.82) is 0 Å². The molecule has 0 amide bonds. The molecule has 2 aromatic heterocycles. The van der Waals surface area contributed by atoms with Gasteiger partial charge in [0.25, 0.3) is 5.56 Å². The molecule has 5 heteroatoms. The van der Waals surface area contributed by atoms with E-state index < -0.39 is 0 Å². The molecule has 0 unspecified atom stereocenters. The topological polar surface area (TPSA) is 55.0 Å². The Hall–Kier alpha value is -2.14. The predicted octanol–water partition coefficient (Wildman–Crippen LogP) is 4.71. The van der Waals surface area contributed by atoms with Gasteiger partial charge < -0.3 is 9.72 Å². The van der Waals surface area contributed by atoms with Gasteiger partial charge in [-0.25, -0.2) is 4.98 Å². The number of aromatic nitrogens is 2. The summed E-state index contributed by atoms with van der Waals surface area (Å²) in [7, 11) is 0. The van der Waals surface area contributed by atoms with Crippen molar-refractivity contribution in [3.8, 4) is 17.1 Å². The Morgan fingerprint density at radius 3 is 2.64 bits per heavy atom. The summed E-state index contributed by atoms with van der Waals surface area (Å²) in [4.78, 5) is 22.7. The number of rotatable bonds is 3. The van der Waals surface area contributed by atoms with Gasteiger partial charge in [-0.2, -0.15) is 0 Å². The van der Waals surface area contributed by atoms with Gasteiger partial charge >= 0.3 is 0 Å². The van der Waals surface area contributed by atoms with Gasteiger partial charge in [-0.05, 0) is 69.4 Å². The lowest BCUT2D eigenvalue weighted by atomic mass is 10.1. The van der Waals surface area contributed by atoms with Crippen LogP contribution in [0.3, 0.4) is 0 Å². The lowest BCUT2D eigenvalue weighted by Gasteiger charge is -2.09. The summed E-state index contributed by atoms with van der Waals surface area (Å²) in [6.45, 7) is 4.00. The Labute approximate surface area is 150 Å². The van der Waals surface area contributed by atoms with E-state index in [1.165, 1.54) is 23.3 Å². The Bertz CT molecular complexity index is 954. The molecule has 1 aliphatic rings. The highest BCUT2D eigenvalue weighted by molar-refractivity contribution is 7.18. The molecule has 3 aromatic rings. The first-order valence-corrected chi connectivity index (χ1v) is 9.75. The molecule has 1 aliphatic carbocycles. The summed E-state index contributed by atoms with van der Waals surface area (Å²) in [6.07, 6.45) is 5.84. The Kier molecular flexibility index (Phi) is 4.34. The van der Waals surface area contributed by atoms with Crippen molar-refractivity contribution in [2.75, 3.05) is 0 Å². The summed E-state index contributed by atoms with van der Waals surface area (Å²) in [6, 6.07) is 7.73. The minimum Gasteiger partial charge on any atom is -0.491 e. The van der Waals surface area contributed by atoms with Gasteiger partial charge in [-0.3, -0.25) is 4.79 Å². The molecule has 2 heterocycles. The van der Waals surface area contributed by atoms with E-state index in [2.05, 4.69) is 4.98 Å². The van der Waals surface area contributed by atoms with Crippen molar-refractivity contribution < 1.29 is 4.74 Å². The summed E-state index contributed by atoms with van der Waals surface area (Å²) in [5.41, 5.74) is 2.12. The van der Waals surface area contributed by atoms with Crippen LogP contribution in [0.5, 0.6) is 5.75 Å². The zero-order valence-electron chi connectivity index (χ0n) is 14.6. The van der Waals surface area contributed by atoms with E-state index in [4.69, 9.17) is 9.72 Å². The van der Waals surface area contributed by atoms with Crippen molar-refractivity contribution in [3.63, 3.8) is 0 Å². The number of aromatic amines is 1. The SMILES string of the molecule is CC(C)Oc1ccc(-c2nc3sc4c(c3c(=O)[nH]2)CCCCC4)cc1. The van der Waals surface area contributed by atoms with Crippen molar-refractivity contribution in [2.24, 2.45) is 0 Å². The van der Waals surface area contributed by atoms with Crippen LogP contribution in [0.1, 0.15) is 43.6 Å². The van der Waals surface area contributed by atoms with Gasteiger partial charge in [0.2, 0.25) is 0 Å². The van der Waals surface area contributed by atoms with Crippen LogP contribution in [0.4, 0.5) is 0 Å². The predicted molar refractivity (Wildman–Crippen MR) is 103 cm³/mol. The molecule has 0 bridgehead atoms. The Morgan fingerprint density at radius 2 is 1.88 bits per heavy atom. The molecule has 4 rings (SSSR count). The number of nitrogens with zero attached hydrogens (tertiary/aromatic N) is 1. The molecule has 1 aromatic carbocycles. The number of hydrogen-bond donors (Lipinski definition) is 1. The van der Waals surface area contributed by atoms with Gasteiger partial charge in [0.15, 0.2) is 0 Å². The maximum Gasteiger partial charge on any atom is 0.260 e. The first-order chi connectivity index (χ1) is 12.1.